The van der Waals surface area contributed by atoms with Gasteiger partial charge in [-0.3, -0.25) is 0 Å². The van der Waals surface area contributed by atoms with Gasteiger partial charge in [0.15, 0.2) is 0 Å². The first-order valence-electron chi connectivity index (χ1n) is 9.71. The van der Waals surface area contributed by atoms with Crippen LogP contribution < -0.4 is 17.1 Å². The first-order valence-corrected chi connectivity index (χ1v) is 9.71. The molecule has 166 valence electrons. The van der Waals surface area contributed by atoms with Gasteiger partial charge in [0, 0.05) is 17.7 Å². The number of esters is 2. The molecule has 0 saturated carbocycles. The molecular weight excluding hydrogens is 394 g/mol. The summed E-state index contributed by atoms with van der Waals surface area (Å²) in [5, 5.41) is 0. The van der Waals surface area contributed by atoms with E-state index in [-0.39, 0.29) is 44.0 Å². The highest BCUT2D eigenvalue weighted by molar-refractivity contribution is 5.87. The zero-order chi connectivity index (χ0) is 22.8. The predicted molar refractivity (Wildman–Crippen MR) is 110 cm³/mol. The fourth-order valence-electron chi connectivity index (χ4n) is 2.48. The standard InChI is InChI=1S/C20H29N3O7/c1-6-7-8-9-21-18(26)22(10-12-29-16(24)14(2)3)20(28)23(19(21)27)11-13-30-17(25)15(4)5/h2,4,6-13H2,1,3,5H3. The van der Waals surface area contributed by atoms with E-state index in [2.05, 4.69) is 13.2 Å². The van der Waals surface area contributed by atoms with Crippen LogP contribution in [0.3, 0.4) is 0 Å². The molecule has 1 aromatic rings. The van der Waals surface area contributed by atoms with Crippen molar-refractivity contribution in [1.29, 1.82) is 0 Å². The molecule has 10 nitrogen and oxygen atoms in total. The Balaban J connectivity index is 3.20. The summed E-state index contributed by atoms with van der Waals surface area (Å²) in [6.45, 7) is 11.1. The number of unbranched alkanes of at least 4 members (excludes halogenated alkanes) is 2. The average molecular weight is 423 g/mol. The highest BCUT2D eigenvalue weighted by atomic mass is 16.5. The van der Waals surface area contributed by atoms with Crippen LogP contribution in [0.2, 0.25) is 0 Å². The van der Waals surface area contributed by atoms with Gasteiger partial charge in [0.2, 0.25) is 0 Å². The zero-order valence-electron chi connectivity index (χ0n) is 17.8. The lowest BCUT2D eigenvalue weighted by Gasteiger charge is -2.14. The lowest BCUT2D eigenvalue weighted by molar-refractivity contribution is -0.140. The van der Waals surface area contributed by atoms with E-state index < -0.39 is 29.0 Å². The number of carbonyl (C=O) groups excluding carboxylic acids is 2. The highest BCUT2D eigenvalue weighted by Crippen LogP contribution is 1.96. The van der Waals surface area contributed by atoms with Gasteiger partial charge in [0.25, 0.3) is 0 Å². The largest absolute Gasteiger partial charge is 0.460 e. The van der Waals surface area contributed by atoms with Crippen molar-refractivity contribution in [3.63, 3.8) is 0 Å². The van der Waals surface area contributed by atoms with Crippen LogP contribution in [0.1, 0.15) is 40.0 Å². The fourth-order valence-corrected chi connectivity index (χ4v) is 2.48. The molecule has 0 amide bonds. The maximum atomic E-state index is 12.7. The van der Waals surface area contributed by atoms with Crippen molar-refractivity contribution in [3.8, 4) is 0 Å². The Bertz CT molecular complexity index is 911. The molecule has 1 aromatic heterocycles. The Labute approximate surface area is 174 Å². The topological polar surface area (TPSA) is 119 Å². The van der Waals surface area contributed by atoms with Gasteiger partial charge >= 0.3 is 29.0 Å². The summed E-state index contributed by atoms with van der Waals surface area (Å²) in [6, 6.07) is 0. The number of hydrogen-bond acceptors (Lipinski definition) is 7. The van der Waals surface area contributed by atoms with Gasteiger partial charge in [-0.05, 0) is 20.3 Å². The van der Waals surface area contributed by atoms with Crippen LogP contribution in [0.25, 0.3) is 0 Å². The number of carbonyl (C=O) groups is 2. The van der Waals surface area contributed by atoms with Crippen molar-refractivity contribution >= 4 is 11.9 Å². The number of nitrogens with zero attached hydrogens (tertiary/aromatic N) is 3. The van der Waals surface area contributed by atoms with Gasteiger partial charge in [0.05, 0.1) is 13.1 Å². The Kier molecular flexibility index (Phi) is 9.73. The Morgan fingerprint density at radius 3 is 1.43 bits per heavy atom. The van der Waals surface area contributed by atoms with Crippen molar-refractivity contribution in [1.82, 2.24) is 13.7 Å². The molecule has 0 saturated heterocycles. The van der Waals surface area contributed by atoms with Gasteiger partial charge in [0.1, 0.15) is 13.2 Å². The molecule has 1 rings (SSSR count). The van der Waals surface area contributed by atoms with Crippen molar-refractivity contribution in [3.05, 3.63) is 55.8 Å². The van der Waals surface area contributed by atoms with E-state index in [0.29, 0.717) is 6.42 Å². The minimum absolute atomic E-state index is 0.142. The number of ether oxygens (including phenoxy) is 2. The molecule has 0 N–H and O–H groups in total. The van der Waals surface area contributed by atoms with E-state index in [0.717, 1.165) is 26.5 Å². The highest BCUT2D eigenvalue weighted by Gasteiger charge is 2.16. The second-order valence-corrected chi connectivity index (χ2v) is 6.84. The minimum atomic E-state index is -0.866. The third kappa shape index (κ3) is 6.71. The maximum Gasteiger partial charge on any atom is 0.336 e. The first kappa shape index (κ1) is 24.9. The number of rotatable bonds is 12. The summed E-state index contributed by atoms with van der Waals surface area (Å²) in [5.74, 6) is -1.29. The molecule has 0 aliphatic rings. The lowest BCUT2D eigenvalue weighted by Crippen LogP contribution is -2.55. The molecule has 0 aromatic carbocycles. The minimum Gasteiger partial charge on any atom is -0.460 e. The third-order valence-electron chi connectivity index (χ3n) is 4.16. The maximum absolute atomic E-state index is 12.7. The molecule has 0 aliphatic carbocycles. The van der Waals surface area contributed by atoms with Gasteiger partial charge in [-0.25, -0.2) is 37.7 Å². The number of hydrogen-bond donors (Lipinski definition) is 0. The van der Waals surface area contributed by atoms with E-state index in [4.69, 9.17) is 9.47 Å². The van der Waals surface area contributed by atoms with Gasteiger partial charge in [-0.2, -0.15) is 0 Å². The molecule has 0 atom stereocenters. The van der Waals surface area contributed by atoms with Gasteiger partial charge in [-0.1, -0.05) is 32.9 Å². The number of aromatic nitrogens is 3. The van der Waals surface area contributed by atoms with Crippen LogP contribution in [-0.4, -0.2) is 38.9 Å². The Hall–Kier alpha value is -3.17. The van der Waals surface area contributed by atoms with Gasteiger partial charge in [-0.15, -0.1) is 0 Å². The average Bonchev–Trinajstić information content (AvgIpc) is 2.69. The fraction of sp³-hybridized carbons (Fsp3) is 0.550. The third-order valence-corrected chi connectivity index (χ3v) is 4.16. The van der Waals surface area contributed by atoms with Crippen molar-refractivity contribution in [2.75, 3.05) is 13.2 Å². The van der Waals surface area contributed by atoms with E-state index in [1.54, 1.807) is 0 Å². The Morgan fingerprint density at radius 2 is 1.10 bits per heavy atom. The molecule has 10 heteroatoms. The van der Waals surface area contributed by atoms with Crippen molar-refractivity contribution in [2.45, 2.75) is 59.7 Å². The van der Waals surface area contributed by atoms with E-state index in [9.17, 15) is 24.0 Å². The SMILES string of the molecule is C=C(C)C(=O)OCCn1c(=O)n(CCCCC)c(=O)n(CCOC(=O)C(=C)C)c1=O. The molecule has 0 unspecified atom stereocenters. The van der Waals surface area contributed by atoms with Crippen molar-refractivity contribution in [2.24, 2.45) is 0 Å². The van der Waals surface area contributed by atoms with Crippen LogP contribution in [0, 0.1) is 0 Å². The summed E-state index contributed by atoms with van der Waals surface area (Å²) < 4.78 is 12.5. The van der Waals surface area contributed by atoms with Crippen LogP contribution in [-0.2, 0) is 38.7 Å². The first-order chi connectivity index (χ1) is 14.1. The molecule has 0 radical (unpaired) electrons. The van der Waals surface area contributed by atoms with E-state index in [1.165, 1.54) is 13.8 Å². The van der Waals surface area contributed by atoms with E-state index in [1.807, 2.05) is 6.92 Å². The summed E-state index contributed by atoms with van der Waals surface area (Å²) >= 11 is 0. The second-order valence-electron chi connectivity index (χ2n) is 6.84. The monoisotopic (exact) mass is 423 g/mol. The molecular formula is C20H29N3O7. The molecule has 30 heavy (non-hydrogen) atoms. The summed E-state index contributed by atoms with van der Waals surface area (Å²) in [5.41, 5.74) is -2.05. The quantitative estimate of drug-likeness (QED) is 0.274. The summed E-state index contributed by atoms with van der Waals surface area (Å²) in [4.78, 5) is 61.1. The molecule has 0 bridgehead atoms. The predicted octanol–water partition coefficient (Wildman–Crippen LogP) is 0.601. The molecule has 1 heterocycles. The second kappa shape index (κ2) is 11.7. The van der Waals surface area contributed by atoms with Crippen LogP contribution in [0.15, 0.2) is 38.7 Å². The zero-order valence-corrected chi connectivity index (χ0v) is 17.8. The van der Waals surface area contributed by atoms with Crippen LogP contribution >= 0.6 is 0 Å². The molecule has 0 fully saturated rings. The Morgan fingerprint density at radius 1 is 0.733 bits per heavy atom. The normalized spacial score (nSPS) is 10.5. The van der Waals surface area contributed by atoms with Crippen molar-refractivity contribution < 1.29 is 19.1 Å². The molecule has 0 aliphatic heterocycles. The van der Waals surface area contributed by atoms with Crippen LogP contribution in [0.5, 0.6) is 0 Å². The van der Waals surface area contributed by atoms with Crippen LogP contribution in [0.4, 0.5) is 0 Å². The summed E-state index contributed by atoms with van der Waals surface area (Å²) in [6.07, 6.45) is 2.27. The summed E-state index contributed by atoms with van der Waals surface area (Å²) in [7, 11) is 0. The lowest BCUT2D eigenvalue weighted by atomic mass is 10.2. The molecule has 0 spiro atoms. The van der Waals surface area contributed by atoms with E-state index >= 15 is 0 Å². The van der Waals surface area contributed by atoms with Gasteiger partial charge < -0.3 is 9.47 Å². The smallest absolute Gasteiger partial charge is 0.336 e.